The fraction of sp³-hybridized carbons (Fsp3) is 0.292. The van der Waals surface area contributed by atoms with Crippen molar-refractivity contribution in [3.8, 4) is 0 Å². The Bertz CT molecular complexity index is 1050. The standard InChI is InChI=1S/C24H26N2O2S/c1-19-13-15-22(16-14-19)29(27,28)25-18-24(21-8-3-2-4-9-21)26-17-7-11-20-10-5-6-12-23(20)26/h2-4,7-9,11,13-18,20,23H,5-6,10,12H2,1H3/b24-18-/t20-,23-/m1/s1. The first kappa shape index (κ1) is 19.6. The van der Waals surface area contributed by atoms with Crippen LogP contribution >= 0.6 is 0 Å². The average Bonchev–Trinajstić information content (AvgIpc) is 2.75. The maximum atomic E-state index is 12.8. The molecule has 29 heavy (non-hydrogen) atoms. The third-order valence-electron chi connectivity index (χ3n) is 5.72. The lowest BCUT2D eigenvalue weighted by atomic mass is 9.82. The van der Waals surface area contributed by atoms with Crippen molar-refractivity contribution in [3.63, 3.8) is 0 Å². The van der Waals surface area contributed by atoms with E-state index in [-0.39, 0.29) is 4.90 Å². The monoisotopic (exact) mass is 406 g/mol. The van der Waals surface area contributed by atoms with E-state index in [2.05, 4.69) is 27.7 Å². The molecule has 1 aliphatic carbocycles. The van der Waals surface area contributed by atoms with Crippen molar-refractivity contribution in [1.82, 2.24) is 0 Å². The van der Waals surface area contributed by atoms with Crippen LogP contribution in [-0.2, 0) is 10.0 Å². The second-order valence-corrected chi connectivity index (χ2v) is 9.36. The van der Waals surface area contributed by atoms with Gasteiger partial charge in [0.2, 0.25) is 0 Å². The molecule has 0 saturated heterocycles. The fourth-order valence-electron chi connectivity index (χ4n) is 4.15. The summed E-state index contributed by atoms with van der Waals surface area (Å²) in [4.78, 5) is 0.213. The Morgan fingerprint density at radius 1 is 1.03 bits per heavy atom. The molecule has 2 aliphatic rings. The Morgan fingerprint density at radius 3 is 2.52 bits per heavy atom. The van der Waals surface area contributed by atoms with E-state index in [0.29, 0.717) is 12.0 Å². The minimum Gasteiger partial charge on any atom is -0.574 e. The summed E-state index contributed by atoms with van der Waals surface area (Å²) in [7, 11) is -3.76. The molecular formula is C24H26N2O2S. The Kier molecular flexibility index (Phi) is 5.67. The lowest BCUT2D eigenvalue weighted by molar-refractivity contribution is -0.485. The van der Waals surface area contributed by atoms with Crippen LogP contribution in [0, 0.1) is 12.8 Å². The number of rotatable bonds is 5. The summed E-state index contributed by atoms with van der Waals surface area (Å²) in [5.41, 5.74) is 2.80. The molecule has 0 N–H and O–H groups in total. The number of fused-ring (bicyclic) bond motifs is 1. The van der Waals surface area contributed by atoms with Gasteiger partial charge in [-0.15, -0.1) is 0 Å². The van der Waals surface area contributed by atoms with Crippen LogP contribution in [0.4, 0.5) is 0 Å². The largest absolute Gasteiger partial charge is 0.574 e. The van der Waals surface area contributed by atoms with Gasteiger partial charge in [0.1, 0.15) is 10.0 Å². The number of benzene rings is 2. The Hall–Kier alpha value is -2.66. The SMILES string of the molecule is Cc1ccc(S(=O)(=O)[N-]/C=C(/c2ccccc2)[N+]2=CC=C[C@H]3CCCC[C@H]32)cc1. The van der Waals surface area contributed by atoms with Crippen LogP contribution in [0.25, 0.3) is 10.4 Å². The molecule has 0 aromatic heterocycles. The third-order valence-corrected chi connectivity index (χ3v) is 6.98. The van der Waals surface area contributed by atoms with Crippen LogP contribution in [0.1, 0.15) is 36.8 Å². The molecule has 2 aromatic carbocycles. The predicted molar refractivity (Wildman–Crippen MR) is 117 cm³/mol. The predicted octanol–water partition coefficient (Wildman–Crippen LogP) is 5.27. The van der Waals surface area contributed by atoms with Gasteiger partial charge in [0.25, 0.3) is 0 Å². The summed E-state index contributed by atoms with van der Waals surface area (Å²) in [5, 5.41) is 0. The molecule has 1 saturated carbocycles. The third kappa shape index (κ3) is 4.35. The maximum absolute atomic E-state index is 12.8. The minimum absolute atomic E-state index is 0.213. The van der Waals surface area contributed by atoms with Crippen LogP contribution in [0.3, 0.4) is 0 Å². The molecule has 2 aromatic rings. The zero-order valence-corrected chi connectivity index (χ0v) is 17.4. The number of hydrogen-bond acceptors (Lipinski definition) is 2. The highest BCUT2D eigenvalue weighted by Gasteiger charge is 2.35. The first-order chi connectivity index (χ1) is 14.0. The molecule has 0 spiro atoms. The smallest absolute Gasteiger partial charge is 0.191 e. The van der Waals surface area contributed by atoms with Crippen LogP contribution in [0.15, 0.2) is 77.8 Å². The lowest BCUT2D eigenvalue weighted by Gasteiger charge is -2.30. The Balaban J connectivity index is 1.71. The van der Waals surface area contributed by atoms with Crippen molar-refractivity contribution in [2.75, 3.05) is 0 Å². The molecular weight excluding hydrogens is 380 g/mol. The van der Waals surface area contributed by atoms with Gasteiger partial charge in [0, 0.05) is 17.9 Å². The quantitative estimate of drug-likeness (QED) is 0.635. The van der Waals surface area contributed by atoms with Crippen molar-refractivity contribution in [1.29, 1.82) is 0 Å². The molecule has 4 nitrogen and oxygen atoms in total. The maximum Gasteiger partial charge on any atom is 0.191 e. The van der Waals surface area contributed by atoms with E-state index in [4.69, 9.17) is 0 Å². The topological polar surface area (TPSA) is 51.2 Å². The van der Waals surface area contributed by atoms with E-state index in [9.17, 15) is 8.42 Å². The van der Waals surface area contributed by atoms with E-state index < -0.39 is 10.0 Å². The zero-order valence-electron chi connectivity index (χ0n) is 16.6. The second-order valence-electron chi connectivity index (χ2n) is 7.73. The lowest BCUT2D eigenvalue weighted by Crippen LogP contribution is -2.37. The van der Waals surface area contributed by atoms with Crippen LogP contribution in [-0.4, -0.2) is 25.2 Å². The second kappa shape index (κ2) is 8.37. The molecule has 5 heteroatoms. The molecule has 0 bridgehead atoms. The summed E-state index contributed by atoms with van der Waals surface area (Å²) in [5.74, 6) is 0.495. The summed E-state index contributed by atoms with van der Waals surface area (Å²) in [6, 6.07) is 17.1. The highest BCUT2D eigenvalue weighted by atomic mass is 32.2. The summed E-state index contributed by atoms with van der Waals surface area (Å²) in [6.45, 7) is 1.93. The van der Waals surface area contributed by atoms with Crippen LogP contribution in [0.5, 0.6) is 0 Å². The summed E-state index contributed by atoms with van der Waals surface area (Å²) >= 11 is 0. The fourth-order valence-corrected chi connectivity index (χ4v) is 4.99. The number of allylic oxidation sites excluding steroid dienone is 1. The van der Waals surface area contributed by atoms with E-state index in [1.54, 1.807) is 24.3 Å². The van der Waals surface area contributed by atoms with Gasteiger partial charge in [-0.1, -0.05) is 54.6 Å². The molecule has 1 fully saturated rings. The number of nitrogens with zero attached hydrogens (tertiary/aromatic N) is 2. The van der Waals surface area contributed by atoms with Gasteiger partial charge in [-0.05, 0) is 50.1 Å². The average molecular weight is 407 g/mol. The molecule has 0 unspecified atom stereocenters. The van der Waals surface area contributed by atoms with Gasteiger partial charge in [-0.3, -0.25) is 0 Å². The Morgan fingerprint density at radius 2 is 1.76 bits per heavy atom. The normalized spacial score (nSPS) is 22.0. The van der Waals surface area contributed by atoms with Gasteiger partial charge < -0.3 is 4.72 Å². The van der Waals surface area contributed by atoms with Crippen molar-refractivity contribution in [2.24, 2.45) is 5.92 Å². The number of hydrogen-bond donors (Lipinski definition) is 0. The van der Waals surface area contributed by atoms with E-state index in [0.717, 1.165) is 23.2 Å². The van der Waals surface area contributed by atoms with Gasteiger partial charge in [-0.2, -0.15) is 4.58 Å². The zero-order chi connectivity index (χ0) is 20.3. The van der Waals surface area contributed by atoms with Gasteiger partial charge in [0.15, 0.2) is 18.0 Å². The highest BCUT2D eigenvalue weighted by molar-refractivity contribution is 7.94. The molecule has 1 aliphatic heterocycles. The van der Waals surface area contributed by atoms with Crippen LogP contribution < -0.4 is 0 Å². The van der Waals surface area contributed by atoms with Gasteiger partial charge >= 0.3 is 0 Å². The first-order valence-corrected chi connectivity index (χ1v) is 11.6. The molecule has 150 valence electrons. The Labute approximate surface area is 173 Å². The summed E-state index contributed by atoms with van der Waals surface area (Å²) < 4.78 is 31.9. The van der Waals surface area contributed by atoms with Gasteiger partial charge in [0.05, 0.1) is 4.90 Å². The number of aryl methyl sites for hydroxylation is 1. The highest BCUT2D eigenvalue weighted by Crippen LogP contribution is 2.33. The molecule has 1 heterocycles. The molecule has 0 amide bonds. The van der Waals surface area contributed by atoms with Crippen molar-refractivity contribution in [3.05, 3.63) is 88.8 Å². The van der Waals surface area contributed by atoms with Gasteiger partial charge in [-0.25, -0.2) is 8.42 Å². The van der Waals surface area contributed by atoms with Crippen LogP contribution in [0.2, 0.25) is 0 Å². The van der Waals surface area contributed by atoms with E-state index in [1.165, 1.54) is 25.5 Å². The first-order valence-electron chi connectivity index (χ1n) is 10.1. The van der Waals surface area contributed by atoms with Crippen molar-refractivity contribution in [2.45, 2.75) is 43.5 Å². The van der Waals surface area contributed by atoms with Crippen molar-refractivity contribution < 1.29 is 13.0 Å². The van der Waals surface area contributed by atoms with E-state index in [1.807, 2.05) is 37.3 Å². The summed E-state index contributed by atoms with van der Waals surface area (Å²) in [6.07, 6.45) is 12.6. The minimum atomic E-state index is -3.76. The molecule has 4 rings (SSSR count). The van der Waals surface area contributed by atoms with E-state index >= 15 is 0 Å². The number of sulfonamides is 1. The van der Waals surface area contributed by atoms with Crippen molar-refractivity contribution >= 4 is 21.9 Å². The molecule has 0 radical (unpaired) electrons. The molecule has 2 atom stereocenters.